The quantitative estimate of drug-likeness (QED) is 0.0944. The SMILES string of the molecule is CC(=O)OC1C2CCCC(C)/C=C/C=C\C(=O)Nc3c4oc5cc(OCC[N+](C)(C)C)ccc5nc-4c4c5c(c(C)c(c4c3=O)O2)O[C@](C)(O/C=C/C[C@H]1C)C5=O. The Labute approximate surface area is 331 Å². The maximum absolute atomic E-state index is 15.2. The Balaban J connectivity index is 1.56. The largest absolute Gasteiger partial charge is 0.488 e. The second-order valence-corrected chi connectivity index (χ2v) is 16.4. The highest BCUT2D eigenvalue weighted by atomic mass is 16.7. The lowest BCUT2D eigenvalue weighted by molar-refractivity contribution is -0.870. The maximum atomic E-state index is 15.2. The zero-order valence-electron chi connectivity index (χ0n) is 33.7. The molecule has 0 saturated heterocycles. The summed E-state index contributed by atoms with van der Waals surface area (Å²) in [6.07, 6.45) is 10.8. The summed E-state index contributed by atoms with van der Waals surface area (Å²) in [5.41, 5.74) is 0.386. The van der Waals surface area contributed by atoms with Gasteiger partial charge in [0.2, 0.25) is 11.3 Å². The monoisotopic (exact) mass is 780 g/mol. The van der Waals surface area contributed by atoms with Crippen LogP contribution < -0.4 is 25.0 Å². The zero-order chi connectivity index (χ0) is 40.8. The van der Waals surface area contributed by atoms with Crippen molar-refractivity contribution in [1.82, 2.24) is 4.98 Å². The number of quaternary nitrogens is 1. The number of likely N-dealkylation sites (N-methyl/N-ethyl adjacent to an activating group) is 1. The highest BCUT2D eigenvalue weighted by Crippen LogP contribution is 2.51. The molecule has 13 heteroatoms. The van der Waals surface area contributed by atoms with Crippen molar-refractivity contribution in [2.75, 3.05) is 39.6 Å². The lowest BCUT2D eigenvalue weighted by Gasteiger charge is -2.32. The van der Waals surface area contributed by atoms with Crippen molar-refractivity contribution in [3.8, 4) is 28.7 Å². The van der Waals surface area contributed by atoms with E-state index in [-0.39, 0.29) is 62.4 Å². The number of benzene rings is 3. The van der Waals surface area contributed by atoms with Gasteiger partial charge in [-0.1, -0.05) is 32.1 Å². The average molecular weight is 781 g/mol. The van der Waals surface area contributed by atoms with Crippen molar-refractivity contribution >= 4 is 45.2 Å². The molecular weight excluding hydrogens is 730 g/mol. The van der Waals surface area contributed by atoms with Crippen molar-refractivity contribution in [2.45, 2.75) is 78.3 Å². The predicted octanol–water partition coefficient (Wildman–Crippen LogP) is 7.25. The van der Waals surface area contributed by atoms with Gasteiger partial charge in [0.25, 0.3) is 5.78 Å². The van der Waals surface area contributed by atoms with Gasteiger partial charge in [-0.2, -0.15) is 0 Å². The summed E-state index contributed by atoms with van der Waals surface area (Å²) >= 11 is 0. The Morgan fingerprint density at radius 1 is 1.07 bits per heavy atom. The standard InChI is InChI=1S/C44H49N3O10/c1-24-13-9-10-17-32(49)46-37-38(50)34-33(36-42(37)56-31-23-28(18-19-29(31)45-36)52-22-20-47(6,7)8)35-41-26(3)40(34)55-30(16-11-14-24)39(54-27(4)48)25(2)15-12-21-53-44(5,57-41)43(35)51/h9-10,12-13,17-19,21,23-25,30,39H,11,14-16,20,22H2,1-8H3/p+1/b13-9+,17-10-,21-12+/t24?,25-,30?,39?,44+/m1/s1. The number of ether oxygens (including phenoxy) is 5. The number of carbonyl (C=O) groups excluding carboxylic acids is 3. The number of allylic oxidation sites excluding steroid dienone is 4. The number of anilines is 1. The van der Waals surface area contributed by atoms with Crippen LogP contribution >= 0.6 is 0 Å². The van der Waals surface area contributed by atoms with Gasteiger partial charge in [-0.25, -0.2) is 4.98 Å². The van der Waals surface area contributed by atoms with Crippen LogP contribution in [0.1, 0.15) is 69.3 Å². The Kier molecular flexibility index (Phi) is 10.6. The highest BCUT2D eigenvalue weighted by Gasteiger charge is 2.50. The second-order valence-electron chi connectivity index (χ2n) is 16.4. The average Bonchev–Trinajstić information content (AvgIpc) is 3.41. The fraction of sp³-hybridized carbons (Fsp3) is 0.432. The molecule has 3 unspecified atom stereocenters. The number of rotatable bonds is 5. The van der Waals surface area contributed by atoms with E-state index in [2.05, 4.69) is 33.4 Å². The van der Waals surface area contributed by atoms with Crippen LogP contribution in [0.4, 0.5) is 5.69 Å². The summed E-state index contributed by atoms with van der Waals surface area (Å²) in [6.45, 7) is 9.80. The molecular formula is C44H50N3O10+. The van der Waals surface area contributed by atoms with E-state index in [4.69, 9.17) is 33.1 Å². The molecule has 2 aromatic rings. The molecule has 57 heavy (non-hydrogen) atoms. The first-order chi connectivity index (χ1) is 27.0. The topological polar surface area (TPSA) is 152 Å². The van der Waals surface area contributed by atoms with E-state index in [1.807, 2.05) is 13.0 Å². The first kappa shape index (κ1) is 39.5. The van der Waals surface area contributed by atoms with E-state index in [0.29, 0.717) is 47.2 Å². The summed E-state index contributed by atoms with van der Waals surface area (Å²) in [4.78, 5) is 61.0. The summed E-state index contributed by atoms with van der Waals surface area (Å²) in [7, 11) is 6.21. The van der Waals surface area contributed by atoms with Crippen molar-refractivity contribution in [1.29, 1.82) is 0 Å². The number of nitrogens with one attached hydrogen (secondary N) is 1. The molecule has 0 saturated carbocycles. The molecule has 300 valence electrons. The molecule has 0 fully saturated rings. The number of fused-ring (bicyclic) bond motifs is 8. The predicted molar refractivity (Wildman–Crippen MR) is 215 cm³/mol. The summed E-state index contributed by atoms with van der Waals surface area (Å²) in [5.74, 6) is -2.77. The van der Waals surface area contributed by atoms with Crippen molar-refractivity contribution in [3.63, 3.8) is 0 Å². The summed E-state index contributed by atoms with van der Waals surface area (Å²) < 4.78 is 38.7. The van der Waals surface area contributed by atoms with E-state index in [1.54, 1.807) is 43.4 Å². The fourth-order valence-corrected chi connectivity index (χ4v) is 7.60. The van der Waals surface area contributed by atoms with Crippen molar-refractivity contribution < 1.29 is 47.0 Å². The van der Waals surface area contributed by atoms with E-state index in [1.165, 1.54) is 26.2 Å². The Hall–Kier alpha value is -5.69. The van der Waals surface area contributed by atoms with Gasteiger partial charge >= 0.3 is 11.8 Å². The Morgan fingerprint density at radius 3 is 2.61 bits per heavy atom. The lowest BCUT2D eigenvalue weighted by Crippen LogP contribution is -2.40. The van der Waals surface area contributed by atoms with Crippen LogP contribution in [0.25, 0.3) is 33.3 Å². The molecule has 1 amide bonds. The number of nitrogens with zero attached hydrogens (tertiary/aromatic N) is 2. The van der Waals surface area contributed by atoms with E-state index < -0.39 is 41.1 Å². The van der Waals surface area contributed by atoms with Gasteiger partial charge in [0.15, 0.2) is 11.3 Å². The molecule has 1 aliphatic carbocycles. The Bertz CT molecular complexity index is 2390. The van der Waals surface area contributed by atoms with Crippen LogP contribution in [0.2, 0.25) is 0 Å². The molecule has 4 heterocycles. The molecule has 1 N–H and O–H groups in total. The number of carbonyl (C=O) groups is 3. The van der Waals surface area contributed by atoms with Gasteiger partial charge in [0, 0.05) is 42.9 Å². The molecule has 5 aliphatic rings. The molecule has 4 aliphatic heterocycles. The number of Topliss-reactive ketones (excluding diaryl/α,β-unsaturated/α-hetero) is 1. The summed E-state index contributed by atoms with van der Waals surface area (Å²) in [6, 6.07) is 5.19. The lowest BCUT2D eigenvalue weighted by atomic mass is 9.90. The molecule has 0 spiro atoms. The third-order valence-corrected chi connectivity index (χ3v) is 10.7. The summed E-state index contributed by atoms with van der Waals surface area (Å²) in [5, 5.41) is 2.89. The number of aromatic nitrogens is 1. The van der Waals surface area contributed by atoms with Crippen LogP contribution in [0.15, 0.2) is 64.1 Å². The molecule has 2 aromatic carbocycles. The molecule has 7 rings (SSSR count). The van der Waals surface area contributed by atoms with Crippen LogP contribution in [0, 0.1) is 18.8 Å². The first-order valence-corrected chi connectivity index (χ1v) is 19.4. The first-order valence-electron chi connectivity index (χ1n) is 19.4. The van der Waals surface area contributed by atoms with Crippen LogP contribution in [0.5, 0.6) is 17.2 Å². The molecule has 5 atom stereocenters. The van der Waals surface area contributed by atoms with E-state index in [9.17, 15) is 14.4 Å². The molecule has 6 bridgehead atoms. The number of esters is 1. The second kappa shape index (κ2) is 15.3. The minimum atomic E-state index is -1.81. The number of amides is 1. The van der Waals surface area contributed by atoms with Crippen LogP contribution in [-0.2, 0) is 19.1 Å². The fourth-order valence-electron chi connectivity index (χ4n) is 7.60. The van der Waals surface area contributed by atoms with Crippen LogP contribution in [-0.4, -0.2) is 79.4 Å². The minimum absolute atomic E-state index is 0.00581. The zero-order valence-corrected chi connectivity index (χ0v) is 33.7. The third-order valence-electron chi connectivity index (χ3n) is 10.7. The minimum Gasteiger partial charge on any atom is -0.488 e. The van der Waals surface area contributed by atoms with Gasteiger partial charge in [0.1, 0.15) is 59.5 Å². The normalized spacial score (nSPS) is 25.6. The van der Waals surface area contributed by atoms with Gasteiger partial charge in [-0.3, -0.25) is 19.2 Å². The van der Waals surface area contributed by atoms with Gasteiger partial charge in [-0.05, 0) is 56.7 Å². The smallest absolute Gasteiger partial charge is 0.312 e. The maximum Gasteiger partial charge on any atom is 0.312 e. The Morgan fingerprint density at radius 2 is 1.86 bits per heavy atom. The van der Waals surface area contributed by atoms with Crippen molar-refractivity contribution in [2.24, 2.45) is 11.8 Å². The van der Waals surface area contributed by atoms with Gasteiger partial charge in [-0.15, -0.1) is 0 Å². The molecule has 13 nitrogen and oxygen atoms in total. The van der Waals surface area contributed by atoms with E-state index >= 15 is 4.79 Å². The van der Waals surface area contributed by atoms with Crippen LogP contribution in [0.3, 0.4) is 0 Å². The van der Waals surface area contributed by atoms with Gasteiger partial charge in [0.05, 0.1) is 38.4 Å². The third kappa shape index (κ3) is 7.85. The number of hydrogen-bond acceptors (Lipinski definition) is 11. The number of hydrogen-bond donors (Lipinski definition) is 1. The molecule has 0 radical (unpaired) electrons. The van der Waals surface area contributed by atoms with Crippen molar-refractivity contribution in [3.05, 3.63) is 76.2 Å². The van der Waals surface area contributed by atoms with Gasteiger partial charge < -0.3 is 37.9 Å². The molecule has 0 aromatic heterocycles. The van der Waals surface area contributed by atoms with E-state index in [0.717, 1.165) is 13.0 Å². The highest BCUT2D eigenvalue weighted by molar-refractivity contribution is 6.22. The number of ketones is 1.